The Morgan fingerprint density at radius 1 is 1.06 bits per heavy atom. The van der Waals surface area contributed by atoms with Crippen LogP contribution < -0.4 is 4.74 Å². The zero-order chi connectivity index (χ0) is 12.5. The highest BCUT2D eigenvalue weighted by molar-refractivity contribution is 6.40. The lowest BCUT2D eigenvalue weighted by Gasteiger charge is -2.10. The van der Waals surface area contributed by atoms with Crippen LogP contribution in [0.3, 0.4) is 0 Å². The van der Waals surface area contributed by atoms with Crippen LogP contribution in [0, 0.1) is 0 Å². The molecular weight excluding hydrogens is 246 g/mol. The molecule has 0 radical (unpaired) electrons. The summed E-state index contributed by atoms with van der Waals surface area (Å²) in [6.07, 6.45) is 0. The molecule has 0 unspecified atom stereocenters. The fourth-order valence-corrected chi connectivity index (χ4v) is 2.48. The minimum Gasteiger partial charge on any atom is -0.493 e. The van der Waals surface area contributed by atoms with E-state index in [9.17, 15) is 0 Å². The van der Waals surface area contributed by atoms with Crippen LogP contribution in [-0.2, 0) is 0 Å². The molecule has 90 valence electrons. The van der Waals surface area contributed by atoms with Crippen molar-refractivity contribution < 1.29 is 4.74 Å². The molecule has 3 heteroatoms. The first-order valence-corrected chi connectivity index (χ1v) is 6.29. The molecule has 0 aliphatic heterocycles. The van der Waals surface area contributed by atoms with Gasteiger partial charge in [-0.3, -0.25) is 0 Å². The molecule has 1 aromatic heterocycles. The molecule has 2 aromatic carbocycles. The van der Waals surface area contributed by atoms with Crippen LogP contribution in [-0.4, -0.2) is 11.6 Å². The van der Waals surface area contributed by atoms with Gasteiger partial charge < -0.3 is 4.74 Å². The maximum Gasteiger partial charge on any atom is 0.130 e. The molecule has 0 fully saturated rings. The summed E-state index contributed by atoms with van der Waals surface area (Å²) < 4.78 is 5.62. The zero-order valence-electron chi connectivity index (χ0n) is 9.98. The molecular formula is C15H12ClNO. The number of ether oxygens (including phenoxy) is 1. The van der Waals surface area contributed by atoms with Gasteiger partial charge in [0.15, 0.2) is 0 Å². The number of aromatic nitrogens is 1. The van der Waals surface area contributed by atoms with Gasteiger partial charge in [0.05, 0.1) is 28.0 Å². The van der Waals surface area contributed by atoms with Gasteiger partial charge in [0.25, 0.3) is 0 Å². The van der Waals surface area contributed by atoms with Crippen molar-refractivity contribution in [2.45, 2.75) is 6.92 Å². The summed E-state index contributed by atoms with van der Waals surface area (Å²) in [5, 5.41) is 2.55. The van der Waals surface area contributed by atoms with Crippen molar-refractivity contribution in [2.24, 2.45) is 0 Å². The Bertz CT molecular complexity index is 724. The van der Waals surface area contributed by atoms with Crippen LogP contribution in [0.5, 0.6) is 5.75 Å². The van der Waals surface area contributed by atoms with Crippen molar-refractivity contribution in [3.05, 3.63) is 47.5 Å². The molecule has 18 heavy (non-hydrogen) atoms. The largest absolute Gasteiger partial charge is 0.493 e. The second kappa shape index (κ2) is 4.46. The lowest BCUT2D eigenvalue weighted by atomic mass is 10.1. The number of hydrogen-bond donors (Lipinski definition) is 0. The minimum atomic E-state index is 0.613. The van der Waals surface area contributed by atoms with Crippen LogP contribution >= 0.6 is 11.6 Å². The van der Waals surface area contributed by atoms with Crippen molar-refractivity contribution in [2.75, 3.05) is 6.61 Å². The highest BCUT2D eigenvalue weighted by Gasteiger charge is 2.11. The van der Waals surface area contributed by atoms with Crippen molar-refractivity contribution in [3.63, 3.8) is 0 Å². The number of pyridine rings is 1. The highest BCUT2D eigenvalue weighted by Crippen LogP contribution is 2.35. The maximum atomic E-state index is 6.50. The molecule has 3 rings (SSSR count). The van der Waals surface area contributed by atoms with Gasteiger partial charge in [-0.25, -0.2) is 4.98 Å². The van der Waals surface area contributed by atoms with E-state index < -0.39 is 0 Å². The molecule has 0 spiro atoms. The van der Waals surface area contributed by atoms with Gasteiger partial charge >= 0.3 is 0 Å². The Labute approximate surface area is 110 Å². The van der Waals surface area contributed by atoms with E-state index in [2.05, 4.69) is 4.98 Å². The van der Waals surface area contributed by atoms with E-state index in [0.29, 0.717) is 11.6 Å². The number of rotatable bonds is 2. The predicted molar refractivity (Wildman–Crippen MR) is 75.4 cm³/mol. The second-order valence-electron chi connectivity index (χ2n) is 4.03. The minimum absolute atomic E-state index is 0.613. The van der Waals surface area contributed by atoms with Crippen LogP contribution in [0.2, 0.25) is 5.02 Å². The van der Waals surface area contributed by atoms with E-state index >= 15 is 0 Å². The zero-order valence-corrected chi connectivity index (χ0v) is 10.7. The average molecular weight is 258 g/mol. The molecule has 0 bridgehead atoms. The summed E-state index contributed by atoms with van der Waals surface area (Å²) in [7, 11) is 0. The molecule has 0 saturated carbocycles. The quantitative estimate of drug-likeness (QED) is 0.633. The molecule has 0 N–H and O–H groups in total. The second-order valence-corrected chi connectivity index (χ2v) is 4.40. The van der Waals surface area contributed by atoms with Crippen LogP contribution in [0.1, 0.15) is 6.92 Å². The molecule has 1 heterocycles. The van der Waals surface area contributed by atoms with Gasteiger partial charge in [0, 0.05) is 5.39 Å². The fourth-order valence-electron chi connectivity index (χ4n) is 2.13. The van der Waals surface area contributed by atoms with Crippen molar-refractivity contribution in [1.29, 1.82) is 0 Å². The molecule has 0 amide bonds. The van der Waals surface area contributed by atoms with Gasteiger partial charge in [0.1, 0.15) is 5.75 Å². The molecule has 0 saturated heterocycles. The summed E-state index contributed by atoms with van der Waals surface area (Å²) in [5.74, 6) is 0.790. The van der Waals surface area contributed by atoms with E-state index in [4.69, 9.17) is 16.3 Å². The number of hydrogen-bond acceptors (Lipinski definition) is 2. The molecule has 0 aliphatic rings. The Morgan fingerprint density at radius 2 is 1.83 bits per heavy atom. The van der Waals surface area contributed by atoms with E-state index in [1.807, 2.05) is 49.4 Å². The Hall–Kier alpha value is -1.80. The first-order valence-electron chi connectivity index (χ1n) is 5.91. The van der Waals surface area contributed by atoms with Gasteiger partial charge in [-0.15, -0.1) is 0 Å². The van der Waals surface area contributed by atoms with Crippen LogP contribution in [0.4, 0.5) is 0 Å². The highest BCUT2D eigenvalue weighted by atomic mass is 35.5. The number of nitrogens with zero attached hydrogens (tertiary/aromatic N) is 1. The number of benzene rings is 2. The van der Waals surface area contributed by atoms with Gasteiger partial charge in [0.2, 0.25) is 0 Å². The predicted octanol–water partition coefficient (Wildman–Crippen LogP) is 4.44. The Kier molecular flexibility index (Phi) is 2.80. The Morgan fingerprint density at radius 3 is 2.67 bits per heavy atom. The SMILES string of the molecule is CCOc1cccc2nc3ccccc3c(Cl)c12. The maximum absolute atomic E-state index is 6.50. The molecule has 3 aromatic rings. The van der Waals surface area contributed by atoms with E-state index in [1.54, 1.807) is 0 Å². The average Bonchev–Trinajstić information content (AvgIpc) is 2.39. The smallest absolute Gasteiger partial charge is 0.130 e. The molecule has 2 nitrogen and oxygen atoms in total. The number of para-hydroxylation sites is 1. The Balaban J connectivity index is 2.45. The van der Waals surface area contributed by atoms with Crippen LogP contribution in [0.25, 0.3) is 21.8 Å². The van der Waals surface area contributed by atoms with Crippen LogP contribution in [0.15, 0.2) is 42.5 Å². The van der Waals surface area contributed by atoms with Crippen molar-refractivity contribution in [3.8, 4) is 5.75 Å². The van der Waals surface area contributed by atoms with E-state index in [0.717, 1.165) is 27.6 Å². The van der Waals surface area contributed by atoms with Gasteiger partial charge in [-0.05, 0) is 25.1 Å². The lowest BCUT2D eigenvalue weighted by molar-refractivity contribution is 0.344. The number of fused-ring (bicyclic) bond motifs is 2. The van der Waals surface area contributed by atoms with Crippen molar-refractivity contribution in [1.82, 2.24) is 4.98 Å². The van der Waals surface area contributed by atoms with Crippen molar-refractivity contribution >= 4 is 33.4 Å². The summed E-state index contributed by atoms with van der Waals surface area (Å²) in [5.41, 5.74) is 1.77. The summed E-state index contributed by atoms with van der Waals surface area (Å²) in [4.78, 5) is 4.62. The van der Waals surface area contributed by atoms with Gasteiger partial charge in [-0.2, -0.15) is 0 Å². The monoisotopic (exact) mass is 257 g/mol. The topological polar surface area (TPSA) is 22.1 Å². The first-order chi connectivity index (χ1) is 8.81. The third-order valence-electron chi connectivity index (χ3n) is 2.90. The third kappa shape index (κ3) is 1.70. The lowest BCUT2D eigenvalue weighted by Crippen LogP contribution is -1.94. The van der Waals surface area contributed by atoms with E-state index in [1.165, 1.54) is 0 Å². The summed E-state index contributed by atoms with van der Waals surface area (Å²) >= 11 is 6.50. The fraction of sp³-hybridized carbons (Fsp3) is 0.133. The molecule has 0 atom stereocenters. The number of halogens is 1. The van der Waals surface area contributed by atoms with Gasteiger partial charge in [-0.1, -0.05) is 35.9 Å². The molecule has 0 aliphatic carbocycles. The first kappa shape index (κ1) is 11.3. The normalized spacial score (nSPS) is 11.0. The summed E-state index contributed by atoms with van der Waals surface area (Å²) in [6, 6.07) is 13.7. The third-order valence-corrected chi connectivity index (χ3v) is 3.30. The summed E-state index contributed by atoms with van der Waals surface area (Å²) in [6.45, 7) is 2.57. The standard InChI is InChI=1S/C15H12ClNO/c1-2-18-13-9-5-8-12-14(13)15(16)10-6-3-4-7-11(10)17-12/h3-9H,2H2,1H3. The van der Waals surface area contributed by atoms with E-state index in [-0.39, 0.29) is 0 Å².